The predicted molar refractivity (Wildman–Crippen MR) is 124 cm³/mol. The van der Waals surface area contributed by atoms with E-state index in [1.54, 1.807) is 19.4 Å². The van der Waals surface area contributed by atoms with Crippen LogP contribution in [0.25, 0.3) is 0 Å². The van der Waals surface area contributed by atoms with Gasteiger partial charge in [0.05, 0.1) is 31.0 Å². The lowest BCUT2D eigenvalue weighted by Gasteiger charge is -2.48. The second-order valence-corrected chi connectivity index (χ2v) is 9.47. The van der Waals surface area contributed by atoms with Crippen LogP contribution in [-0.2, 0) is 20.9 Å². The molecule has 4 rings (SSSR count). The van der Waals surface area contributed by atoms with Crippen LogP contribution in [0.3, 0.4) is 0 Å². The molecular weight excluding hydrogens is 424 g/mol. The van der Waals surface area contributed by atoms with Gasteiger partial charge in [0.25, 0.3) is 5.56 Å². The number of hydrogen-bond acceptors (Lipinski definition) is 7. The van der Waals surface area contributed by atoms with E-state index >= 15 is 0 Å². The molecule has 10 nitrogen and oxygen atoms in total. The number of amides is 2. The van der Waals surface area contributed by atoms with Crippen molar-refractivity contribution in [1.29, 1.82) is 0 Å². The third-order valence-corrected chi connectivity index (χ3v) is 7.59. The van der Waals surface area contributed by atoms with E-state index in [0.29, 0.717) is 52.2 Å². The summed E-state index contributed by atoms with van der Waals surface area (Å²) in [6, 6.07) is 1.58. The molecule has 0 bridgehead atoms. The highest BCUT2D eigenvalue weighted by atomic mass is 16.5. The number of primary amides is 1. The molecule has 2 amide bonds. The van der Waals surface area contributed by atoms with Gasteiger partial charge >= 0.3 is 0 Å². The van der Waals surface area contributed by atoms with Gasteiger partial charge in [-0.25, -0.2) is 4.68 Å². The largest absolute Gasteiger partial charge is 0.383 e. The highest BCUT2D eigenvalue weighted by Gasteiger charge is 2.46. The zero-order chi connectivity index (χ0) is 23.4. The van der Waals surface area contributed by atoms with Crippen molar-refractivity contribution in [3.05, 3.63) is 22.6 Å². The van der Waals surface area contributed by atoms with Gasteiger partial charge in [-0.15, -0.1) is 0 Å². The van der Waals surface area contributed by atoms with E-state index in [4.69, 9.17) is 10.5 Å². The lowest BCUT2D eigenvalue weighted by atomic mass is 9.83. The Bertz CT molecular complexity index is 904. The molecule has 4 heterocycles. The molecule has 0 spiro atoms. The van der Waals surface area contributed by atoms with Crippen molar-refractivity contribution < 1.29 is 14.3 Å². The van der Waals surface area contributed by atoms with Crippen LogP contribution in [0.15, 0.2) is 17.1 Å². The van der Waals surface area contributed by atoms with Crippen molar-refractivity contribution in [2.75, 3.05) is 57.9 Å². The number of nitrogens with zero attached hydrogens (tertiary/aromatic N) is 5. The number of piperidine rings is 2. The fourth-order valence-electron chi connectivity index (χ4n) is 5.53. The van der Waals surface area contributed by atoms with Crippen LogP contribution in [0.4, 0.5) is 5.69 Å². The topological polar surface area (TPSA) is 114 Å². The Morgan fingerprint density at radius 2 is 1.88 bits per heavy atom. The van der Waals surface area contributed by atoms with Crippen LogP contribution in [-0.4, -0.2) is 89.9 Å². The fraction of sp³-hybridized carbons (Fsp3) is 0.739. The molecule has 0 aromatic carbocycles. The molecule has 182 valence electrons. The molecule has 1 aromatic heterocycles. The van der Waals surface area contributed by atoms with E-state index in [1.165, 1.54) is 11.1 Å². The van der Waals surface area contributed by atoms with Crippen molar-refractivity contribution >= 4 is 17.5 Å². The molecule has 1 atom stereocenters. The molecule has 10 heteroatoms. The van der Waals surface area contributed by atoms with E-state index in [0.717, 1.165) is 38.0 Å². The molecular formula is C23H36N6O4. The first-order valence-electron chi connectivity index (χ1n) is 12.1. The minimum atomic E-state index is -0.614. The Labute approximate surface area is 194 Å². The first kappa shape index (κ1) is 23.7. The number of methoxy groups -OCH3 is 1. The minimum absolute atomic E-state index is 0.114. The number of anilines is 1. The molecule has 1 unspecified atom stereocenters. The van der Waals surface area contributed by atoms with Gasteiger partial charge in [-0.3, -0.25) is 19.3 Å². The Balaban J connectivity index is 1.35. The van der Waals surface area contributed by atoms with Crippen LogP contribution < -0.4 is 16.2 Å². The van der Waals surface area contributed by atoms with Crippen molar-refractivity contribution in [3.63, 3.8) is 0 Å². The standard InChI is InChI=1S/C23H36N6O4/c1-33-14-13-29-20(30)15-19(16-25-29)27-10-5-18(17-27)21(31)26-11-6-23(7-12-26,22(24)32)28-8-3-2-4-9-28/h15-16,18H,2-14,17H2,1H3,(H2,24,32). The number of hydrogen-bond donors (Lipinski definition) is 1. The summed E-state index contributed by atoms with van der Waals surface area (Å²) in [6.07, 6.45) is 7.04. The van der Waals surface area contributed by atoms with Crippen molar-refractivity contribution in [2.24, 2.45) is 11.7 Å². The Morgan fingerprint density at radius 1 is 1.15 bits per heavy atom. The maximum atomic E-state index is 13.2. The summed E-state index contributed by atoms with van der Waals surface area (Å²) in [5, 5.41) is 4.24. The number of rotatable bonds is 7. The molecule has 3 aliphatic rings. The Hall–Kier alpha value is -2.46. The third-order valence-electron chi connectivity index (χ3n) is 7.59. The first-order valence-corrected chi connectivity index (χ1v) is 12.1. The number of ether oxygens (including phenoxy) is 1. The average molecular weight is 461 g/mol. The molecule has 2 N–H and O–H groups in total. The van der Waals surface area contributed by atoms with Gasteiger partial charge in [-0.05, 0) is 45.2 Å². The fourth-order valence-corrected chi connectivity index (χ4v) is 5.53. The second-order valence-electron chi connectivity index (χ2n) is 9.47. The molecule has 3 saturated heterocycles. The monoisotopic (exact) mass is 460 g/mol. The third kappa shape index (κ3) is 4.91. The molecule has 3 fully saturated rings. The van der Waals surface area contributed by atoms with Gasteiger partial charge in [-0.1, -0.05) is 6.42 Å². The quantitative estimate of drug-likeness (QED) is 0.611. The average Bonchev–Trinajstić information content (AvgIpc) is 3.33. The number of likely N-dealkylation sites (tertiary alicyclic amines) is 2. The normalized spacial score (nSPS) is 23.6. The summed E-state index contributed by atoms with van der Waals surface area (Å²) >= 11 is 0. The molecule has 0 aliphatic carbocycles. The Morgan fingerprint density at radius 3 is 2.52 bits per heavy atom. The van der Waals surface area contributed by atoms with Gasteiger partial charge in [0.1, 0.15) is 5.54 Å². The van der Waals surface area contributed by atoms with Crippen molar-refractivity contribution in [1.82, 2.24) is 19.6 Å². The van der Waals surface area contributed by atoms with Gasteiger partial charge in [0, 0.05) is 39.4 Å². The highest BCUT2D eigenvalue weighted by molar-refractivity contribution is 5.86. The summed E-state index contributed by atoms with van der Waals surface area (Å²) < 4.78 is 6.39. The molecule has 1 aromatic rings. The zero-order valence-electron chi connectivity index (χ0n) is 19.6. The lowest BCUT2D eigenvalue weighted by molar-refractivity contribution is -0.144. The minimum Gasteiger partial charge on any atom is -0.383 e. The molecule has 33 heavy (non-hydrogen) atoms. The van der Waals surface area contributed by atoms with E-state index in [2.05, 4.69) is 14.9 Å². The smallest absolute Gasteiger partial charge is 0.268 e. The van der Waals surface area contributed by atoms with Crippen LogP contribution in [0.1, 0.15) is 38.5 Å². The summed E-state index contributed by atoms with van der Waals surface area (Å²) in [5.41, 5.74) is 5.84. The zero-order valence-corrected chi connectivity index (χ0v) is 19.6. The van der Waals surface area contributed by atoms with E-state index in [-0.39, 0.29) is 23.3 Å². The molecule has 3 aliphatic heterocycles. The number of carbonyl (C=O) groups excluding carboxylic acids is 2. The van der Waals surface area contributed by atoms with Crippen LogP contribution in [0.2, 0.25) is 0 Å². The van der Waals surface area contributed by atoms with Gasteiger partial charge < -0.3 is 20.3 Å². The van der Waals surface area contributed by atoms with Gasteiger partial charge in [0.2, 0.25) is 11.8 Å². The molecule has 0 saturated carbocycles. The number of aromatic nitrogens is 2. The summed E-state index contributed by atoms with van der Waals surface area (Å²) in [4.78, 5) is 44.2. The maximum Gasteiger partial charge on any atom is 0.268 e. The SMILES string of the molecule is COCCn1ncc(N2CCC(C(=O)N3CCC(C(N)=O)(N4CCCCC4)CC3)C2)cc1=O. The molecule has 0 radical (unpaired) electrons. The first-order chi connectivity index (χ1) is 15.9. The number of nitrogens with two attached hydrogens (primary N) is 1. The second kappa shape index (κ2) is 10.2. The van der Waals surface area contributed by atoms with Gasteiger partial charge in [-0.2, -0.15) is 5.10 Å². The summed E-state index contributed by atoms with van der Waals surface area (Å²) in [7, 11) is 1.59. The predicted octanol–water partition coefficient (Wildman–Crippen LogP) is 0.0484. The van der Waals surface area contributed by atoms with Crippen LogP contribution in [0, 0.1) is 5.92 Å². The van der Waals surface area contributed by atoms with E-state index in [9.17, 15) is 14.4 Å². The highest BCUT2D eigenvalue weighted by Crippen LogP contribution is 2.33. The van der Waals surface area contributed by atoms with Crippen LogP contribution >= 0.6 is 0 Å². The summed E-state index contributed by atoms with van der Waals surface area (Å²) in [5.74, 6) is -0.233. The van der Waals surface area contributed by atoms with Crippen molar-refractivity contribution in [2.45, 2.75) is 50.6 Å². The van der Waals surface area contributed by atoms with Crippen molar-refractivity contribution in [3.8, 4) is 0 Å². The van der Waals surface area contributed by atoms with E-state index < -0.39 is 5.54 Å². The van der Waals surface area contributed by atoms with Crippen LogP contribution in [0.5, 0.6) is 0 Å². The number of carbonyl (C=O) groups is 2. The summed E-state index contributed by atoms with van der Waals surface area (Å²) in [6.45, 7) is 5.07. The van der Waals surface area contributed by atoms with Gasteiger partial charge in [0.15, 0.2) is 0 Å². The Kier molecular flexibility index (Phi) is 7.33. The lowest BCUT2D eigenvalue weighted by Crippen LogP contribution is -2.64. The van der Waals surface area contributed by atoms with E-state index in [1.807, 2.05) is 4.90 Å². The maximum absolute atomic E-state index is 13.2.